The summed E-state index contributed by atoms with van der Waals surface area (Å²) in [4.78, 5) is 16.5. The molecule has 3 aromatic rings. The number of carbonyl (C=O) groups is 1. The number of nitrogens with zero attached hydrogens (tertiary/aromatic N) is 5. The summed E-state index contributed by atoms with van der Waals surface area (Å²) in [5.74, 6) is -0.863. The molecule has 138 valence electrons. The van der Waals surface area contributed by atoms with E-state index in [9.17, 15) is 13.6 Å². The van der Waals surface area contributed by atoms with Gasteiger partial charge in [0.15, 0.2) is 5.69 Å². The highest BCUT2D eigenvalue weighted by Crippen LogP contribution is 2.18. The molecule has 1 amide bonds. The molecule has 27 heavy (non-hydrogen) atoms. The molecule has 0 radical (unpaired) electrons. The fourth-order valence-electron chi connectivity index (χ4n) is 3.09. The topological polar surface area (TPSA) is 54.3 Å². The maximum absolute atomic E-state index is 13.3. The van der Waals surface area contributed by atoms with Crippen molar-refractivity contribution in [1.82, 2.24) is 19.9 Å². The minimum absolute atomic E-state index is 0.212. The third kappa shape index (κ3) is 3.64. The van der Waals surface area contributed by atoms with E-state index in [1.165, 1.54) is 35.1 Å². The fourth-order valence-corrected chi connectivity index (χ4v) is 3.09. The van der Waals surface area contributed by atoms with E-state index in [-0.39, 0.29) is 23.2 Å². The molecule has 0 unspecified atom stereocenters. The number of hydrogen-bond acceptors (Lipinski definition) is 4. The Bertz CT molecular complexity index is 949. The van der Waals surface area contributed by atoms with Gasteiger partial charge in [-0.15, -0.1) is 5.10 Å². The molecule has 0 spiro atoms. The molecule has 1 fully saturated rings. The second kappa shape index (κ2) is 7.14. The van der Waals surface area contributed by atoms with E-state index in [1.54, 1.807) is 29.2 Å². The Morgan fingerprint density at radius 2 is 1.63 bits per heavy atom. The van der Waals surface area contributed by atoms with Crippen LogP contribution in [0.3, 0.4) is 0 Å². The number of halogens is 2. The first-order valence-electron chi connectivity index (χ1n) is 8.58. The number of rotatable bonds is 3. The Kier molecular flexibility index (Phi) is 4.53. The summed E-state index contributed by atoms with van der Waals surface area (Å²) in [7, 11) is 0. The summed E-state index contributed by atoms with van der Waals surface area (Å²) in [6.45, 7) is 2.36. The van der Waals surface area contributed by atoms with Crippen molar-refractivity contribution in [3.8, 4) is 5.69 Å². The number of anilines is 1. The van der Waals surface area contributed by atoms with Crippen LogP contribution in [0.25, 0.3) is 5.69 Å². The molecule has 1 aliphatic heterocycles. The van der Waals surface area contributed by atoms with Crippen LogP contribution in [0.2, 0.25) is 0 Å². The van der Waals surface area contributed by atoms with Gasteiger partial charge in [0.2, 0.25) is 0 Å². The third-order valence-corrected chi connectivity index (χ3v) is 4.54. The normalized spacial score (nSPS) is 14.4. The van der Waals surface area contributed by atoms with Gasteiger partial charge in [-0.1, -0.05) is 11.3 Å². The summed E-state index contributed by atoms with van der Waals surface area (Å²) >= 11 is 0. The van der Waals surface area contributed by atoms with Crippen molar-refractivity contribution in [2.75, 3.05) is 31.1 Å². The molecule has 4 rings (SSSR count). The largest absolute Gasteiger partial charge is 0.368 e. The van der Waals surface area contributed by atoms with Crippen LogP contribution in [0.15, 0.2) is 54.7 Å². The molecule has 8 heteroatoms. The molecular formula is C19H17F2N5O. The zero-order chi connectivity index (χ0) is 18.8. The van der Waals surface area contributed by atoms with Crippen LogP contribution in [0.4, 0.5) is 14.5 Å². The number of carbonyl (C=O) groups excluding carboxylic acids is 1. The summed E-state index contributed by atoms with van der Waals surface area (Å²) in [6, 6.07) is 12.2. The monoisotopic (exact) mass is 369 g/mol. The molecule has 2 aromatic carbocycles. The van der Waals surface area contributed by atoms with Crippen molar-refractivity contribution in [3.63, 3.8) is 0 Å². The average Bonchev–Trinajstić information content (AvgIpc) is 3.18. The van der Waals surface area contributed by atoms with E-state index in [0.29, 0.717) is 31.9 Å². The van der Waals surface area contributed by atoms with Gasteiger partial charge in [-0.2, -0.15) is 0 Å². The van der Waals surface area contributed by atoms with Crippen LogP contribution < -0.4 is 4.90 Å². The molecule has 0 saturated carbocycles. The van der Waals surface area contributed by atoms with Gasteiger partial charge in [-0.25, -0.2) is 13.5 Å². The quantitative estimate of drug-likeness (QED) is 0.712. The Hall–Kier alpha value is -3.29. The lowest BCUT2D eigenvalue weighted by Crippen LogP contribution is -2.48. The summed E-state index contributed by atoms with van der Waals surface area (Å²) in [5, 5.41) is 7.85. The Balaban J connectivity index is 1.42. The molecule has 1 saturated heterocycles. The highest BCUT2D eigenvalue weighted by molar-refractivity contribution is 5.92. The predicted octanol–water partition coefficient (Wildman–Crippen LogP) is 2.51. The van der Waals surface area contributed by atoms with E-state index in [0.717, 1.165) is 5.69 Å². The molecule has 0 bridgehead atoms. The molecule has 2 heterocycles. The molecule has 1 aliphatic rings. The van der Waals surface area contributed by atoms with Crippen LogP contribution in [0.1, 0.15) is 10.5 Å². The zero-order valence-corrected chi connectivity index (χ0v) is 14.4. The van der Waals surface area contributed by atoms with Gasteiger partial charge in [0.1, 0.15) is 11.6 Å². The smallest absolute Gasteiger partial charge is 0.276 e. The van der Waals surface area contributed by atoms with Crippen LogP contribution in [-0.2, 0) is 0 Å². The minimum atomic E-state index is -0.382. The van der Waals surface area contributed by atoms with Crippen LogP contribution in [0.5, 0.6) is 0 Å². The van der Waals surface area contributed by atoms with Crippen molar-refractivity contribution in [3.05, 3.63) is 72.1 Å². The van der Waals surface area contributed by atoms with E-state index < -0.39 is 0 Å². The lowest BCUT2D eigenvalue weighted by molar-refractivity contribution is 0.0741. The molecule has 0 N–H and O–H groups in total. The Morgan fingerprint density at radius 3 is 2.33 bits per heavy atom. The molecule has 6 nitrogen and oxygen atoms in total. The maximum atomic E-state index is 13.3. The number of aromatic nitrogens is 3. The number of piperazine rings is 1. The molecule has 0 aliphatic carbocycles. The van der Waals surface area contributed by atoms with Gasteiger partial charge in [-0.3, -0.25) is 4.79 Å². The number of benzene rings is 2. The first-order valence-corrected chi connectivity index (χ1v) is 8.58. The van der Waals surface area contributed by atoms with Crippen molar-refractivity contribution in [2.24, 2.45) is 0 Å². The predicted molar refractivity (Wildman–Crippen MR) is 95.8 cm³/mol. The lowest BCUT2D eigenvalue weighted by atomic mass is 10.2. The van der Waals surface area contributed by atoms with Gasteiger partial charge >= 0.3 is 0 Å². The second-order valence-electron chi connectivity index (χ2n) is 6.28. The maximum Gasteiger partial charge on any atom is 0.276 e. The van der Waals surface area contributed by atoms with Gasteiger partial charge in [0.25, 0.3) is 5.91 Å². The van der Waals surface area contributed by atoms with Crippen molar-refractivity contribution in [2.45, 2.75) is 0 Å². The molecule has 0 atom stereocenters. The van der Waals surface area contributed by atoms with Crippen molar-refractivity contribution < 1.29 is 13.6 Å². The standard InChI is InChI=1S/C19H17F2N5O/c20-14-4-6-16(7-5-14)24-8-10-25(11-9-24)19(27)18-13-26(23-22-18)17-3-1-2-15(21)12-17/h1-7,12-13H,8-11H2. The summed E-state index contributed by atoms with van der Waals surface area (Å²) in [5.41, 5.74) is 1.65. The second-order valence-corrected chi connectivity index (χ2v) is 6.28. The van der Waals surface area contributed by atoms with E-state index in [4.69, 9.17) is 0 Å². The minimum Gasteiger partial charge on any atom is -0.368 e. The van der Waals surface area contributed by atoms with Gasteiger partial charge in [0, 0.05) is 31.9 Å². The molecule has 1 aromatic heterocycles. The van der Waals surface area contributed by atoms with E-state index >= 15 is 0 Å². The van der Waals surface area contributed by atoms with Crippen LogP contribution in [-0.4, -0.2) is 52.0 Å². The highest BCUT2D eigenvalue weighted by atomic mass is 19.1. The van der Waals surface area contributed by atoms with Crippen LogP contribution in [0, 0.1) is 11.6 Å². The van der Waals surface area contributed by atoms with E-state index in [1.807, 2.05) is 0 Å². The first kappa shape index (κ1) is 17.1. The average molecular weight is 369 g/mol. The van der Waals surface area contributed by atoms with Gasteiger partial charge in [-0.05, 0) is 42.5 Å². The third-order valence-electron chi connectivity index (χ3n) is 4.54. The Morgan fingerprint density at radius 1 is 0.889 bits per heavy atom. The van der Waals surface area contributed by atoms with E-state index in [2.05, 4.69) is 15.2 Å². The summed E-state index contributed by atoms with van der Waals surface area (Å²) in [6.07, 6.45) is 1.50. The zero-order valence-electron chi connectivity index (χ0n) is 14.4. The fraction of sp³-hybridized carbons (Fsp3) is 0.211. The van der Waals surface area contributed by atoms with Gasteiger partial charge in [0.05, 0.1) is 11.9 Å². The number of hydrogen-bond donors (Lipinski definition) is 0. The first-order chi connectivity index (χ1) is 13.1. The highest BCUT2D eigenvalue weighted by Gasteiger charge is 2.24. The van der Waals surface area contributed by atoms with Crippen molar-refractivity contribution >= 4 is 11.6 Å². The lowest BCUT2D eigenvalue weighted by Gasteiger charge is -2.35. The number of amides is 1. The van der Waals surface area contributed by atoms with Gasteiger partial charge < -0.3 is 9.80 Å². The SMILES string of the molecule is O=C(c1cn(-c2cccc(F)c2)nn1)N1CCN(c2ccc(F)cc2)CC1. The summed E-state index contributed by atoms with van der Waals surface area (Å²) < 4.78 is 27.8. The van der Waals surface area contributed by atoms with Crippen molar-refractivity contribution in [1.29, 1.82) is 0 Å². The Labute approximate surface area is 154 Å². The van der Waals surface area contributed by atoms with Crippen LogP contribution >= 0.6 is 0 Å². The molecular weight excluding hydrogens is 352 g/mol.